The Kier molecular flexibility index (Phi) is 7.26. The van der Waals surface area contributed by atoms with Crippen LogP contribution in [0.5, 0.6) is 0 Å². The Hall–Kier alpha value is 0.200. The van der Waals surface area contributed by atoms with Crippen molar-refractivity contribution in [3.8, 4) is 0 Å². The zero-order chi connectivity index (χ0) is 9.65. The van der Waals surface area contributed by atoms with Crippen LogP contribution in [0, 0.1) is 0 Å². The van der Waals surface area contributed by atoms with Gasteiger partial charge in [0.15, 0.2) is 0 Å². The Bertz CT molecular complexity index is 110. The molecule has 0 aliphatic heterocycles. The topological polar surface area (TPSA) is 3.24 Å². The first-order valence-corrected chi connectivity index (χ1v) is 4.19. The van der Waals surface area contributed by atoms with Crippen molar-refractivity contribution >= 4 is 29.2 Å². The lowest BCUT2D eigenvalue weighted by molar-refractivity contribution is -0.849. The van der Waals surface area contributed by atoms with Crippen LogP contribution in [0.1, 0.15) is 0 Å². The highest BCUT2D eigenvalue weighted by molar-refractivity contribution is 8.10. The van der Waals surface area contributed by atoms with E-state index in [4.69, 9.17) is 0 Å². The lowest BCUT2D eigenvalue weighted by Gasteiger charge is -2.14. The molecule has 0 aromatic carbocycles. The van der Waals surface area contributed by atoms with Crippen LogP contribution in [-0.4, -0.2) is 56.0 Å². The highest BCUT2D eigenvalue weighted by Gasteiger charge is 1.88. The third kappa shape index (κ3) is 38.9. The molecule has 0 rings (SSSR count). The van der Waals surface area contributed by atoms with E-state index in [2.05, 4.69) is 53.0 Å². The summed E-state index contributed by atoms with van der Waals surface area (Å²) in [4.78, 5) is 1.76. The second kappa shape index (κ2) is 5.80. The van der Waals surface area contributed by atoms with Gasteiger partial charge in [0, 0.05) is 14.1 Å². The van der Waals surface area contributed by atoms with Crippen molar-refractivity contribution in [2.75, 3.05) is 42.3 Å². The van der Waals surface area contributed by atoms with Crippen molar-refractivity contribution in [2.45, 2.75) is 0 Å². The van der Waals surface area contributed by atoms with E-state index in [-0.39, 0.29) is 0 Å². The van der Waals surface area contributed by atoms with Gasteiger partial charge in [0.25, 0.3) is 0 Å². The van der Waals surface area contributed by atoms with Crippen LogP contribution in [0.4, 0.5) is 0 Å². The molecule has 11 heavy (non-hydrogen) atoms. The number of hydrogen-bond donors (Lipinski definition) is 1. The van der Waals surface area contributed by atoms with Gasteiger partial charge in [0.05, 0.1) is 28.2 Å². The SMILES string of the molecule is CN(C)C(=S)S.C[N+](C)(C)C. The van der Waals surface area contributed by atoms with E-state index in [1.807, 2.05) is 14.1 Å². The molecule has 68 valence electrons. The predicted octanol–water partition coefficient (Wildman–Crippen LogP) is 1.09. The second-order valence-electron chi connectivity index (χ2n) is 3.86. The Morgan fingerprint density at radius 1 is 1.18 bits per heavy atom. The molecule has 0 atom stereocenters. The number of thiocarbonyl (C=S) groups is 1. The standard InChI is InChI=1S/C4H12N.C3H7NS2/c1-5(2,3)4;1-4(2)3(5)6/h1-4H3;1-2H3,(H,5,6)/q+1;. The molecule has 4 heteroatoms. The van der Waals surface area contributed by atoms with E-state index in [9.17, 15) is 0 Å². The van der Waals surface area contributed by atoms with E-state index in [0.29, 0.717) is 4.32 Å². The van der Waals surface area contributed by atoms with E-state index >= 15 is 0 Å². The summed E-state index contributed by atoms with van der Waals surface area (Å²) in [6.45, 7) is 0. The largest absolute Gasteiger partial charge is 0.364 e. The van der Waals surface area contributed by atoms with Gasteiger partial charge in [-0.3, -0.25) is 0 Å². The van der Waals surface area contributed by atoms with Gasteiger partial charge in [0.2, 0.25) is 0 Å². The Morgan fingerprint density at radius 2 is 1.27 bits per heavy atom. The minimum absolute atomic E-state index is 0.620. The van der Waals surface area contributed by atoms with Crippen molar-refractivity contribution in [1.82, 2.24) is 4.90 Å². The fourth-order valence-electron chi connectivity index (χ4n) is 0. The second-order valence-corrected chi connectivity index (χ2v) is 4.97. The van der Waals surface area contributed by atoms with E-state index in [1.54, 1.807) is 4.90 Å². The molecule has 0 bridgehead atoms. The Morgan fingerprint density at radius 3 is 1.27 bits per heavy atom. The molecule has 0 saturated carbocycles. The first kappa shape index (κ1) is 13.8. The monoisotopic (exact) mass is 195 g/mol. The zero-order valence-corrected chi connectivity index (χ0v) is 9.96. The molecule has 0 radical (unpaired) electrons. The molecular weight excluding hydrogens is 176 g/mol. The predicted molar refractivity (Wildman–Crippen MR) is 59.2 cm³/mol. The lowest BCUT2D eigenvalue weighted by atomic mass is 10.8. The molecule has 0 aliphatic rings. The van der Waals surface area contributed by atoms with E-state index in [1.165, 1.54) is 0 Å². The molecule has 2 nitrogen and oxygen atoms in total. The van der Waals surface area contributed by atoms with Gasteiger partial charge >= 0.3 is 0 Å². The highest BCUT2D eigenvalue weighted by Crippen LogP contribution is 1.84. The number of thiol groups is 1. The van der Waals surface area contributed by atoms with Crippen LogP contribution < -0.4 is 0 Å². The maximum absolute atomic E-state index is 4.61. The minimum Gasteiger partial charge on any atom is -0.364 e. The van der Waals surface area contributed by atoms with Crippen molar-refractivity contribution < 1.29 is 4.48 Å². The van der Waals surface area contributed by atoms with Crippen LogP contribution in [0.25, 0.3) is 0 Å². The van der Waals surface area contributed by atoms with Crippen molar-refractivity contribution in [3.05, 3.63) is 0 Å². The number of quaternary nitrogens is 1. The maximum atomic E-state index is 4.61. The molecule has 0 fully saturated rings. The summed E-state index contributed by atoms with van der Waals surface area (Å²) >= 11 is 8.46. The molecular formula is C7H19N2S2+. The van der Waals surface area contributed by atoms with Gasteiger partial charge in [-0.15, -0.1) is 12.6 Å². The van der Waals surface area contributed by atoms with Gasteiger partial charge in [0.1, 0.15) is 4.32 Å². The number of hydrogen-bond acceptors (Lipinski definition) is 1. The van der Waals surface area contributed by atoms with Crippen LogP contribution in [-0.2, 0) is 0 Å². The van der Waals surface area contributed by atoms with Crippen LogP contribution >= 0.6 is 24.8 Å². The molecule has 0 N–H and O–H groups in total. The Labute approximate surface area is 81.2 Å². The van der Waals surface area contributed by atoms with E-state index in [0.717, 1.165) is 4.48 Å². The first-order valence-electron chi connectivity index (χ1n) is 3.33. The van der Waals surface area contributed by atoms with Gasteiger partial charge in [-0.2, -0.15) is 0 Å². The van der Waals surface area contributed by atoms with Crippen molar-refractivity contribution in [3.63, 3.8) is 0 Å². The smallest absolute Gasteiger partial charge is 0.132 e. The fourth-order valence-corrected chi connectivity index (χ4v) is 0. The minimum atomic E-state index is 0.620. The average Bonchev–Trinajstić information content (AvgIpc) is 1.59. The summed E-state index contributed by atoms with van der Waals surface area (Å²) in [7, 11) is 12.2. The van der Waals surface area contributed by atoms with Gasteiger partial charge < -0.3 is 9.38 Å². The summed E-state index contributed by atoms with van der Waals surface area (Å²) in [5, 5.41) is 0. The molecule has 0 amide bonds. The first-order chi connectivity index (χ1) is 4.64. The quantitative estimate of drug-likeness (QED) is 0.350. The lowest BCUT2D eigenvalue weighted by Crippen LogP contribution is -2.27. The summed E-state index contributed by atoms with van der Waals surface area (Å²) in [5.41, 5.74) is 0. The van der Waals surface area contributed by atoms with Crippen LogP contribution in [0.3, 0.4) is 0 Å². The maximum Gasteiger partial charge on any atom is 0.132 e. The molecule has 0 heterocycles. The molecule has 0 aromatic heterocycles. The van der Waals surface area contributed by atoms with Gasteiger partial charge in [-0.1, -0.05) is 12.2 Å². The fraction of sp³-hybridized carbons (Fsp3) is 0.857. The summed E-state index contributed by atoms with van der Waals surface area (Å²) in [5.74, 6) is 0. The number of nitrogens with zero attached hydrogens (tertiary/aromatic N) is 2. The van der Waals surface area contributed by atoms with Crippen LogP contribution in [0.2, 0.25) is 0 Å². The third-order valence-corrected chi connectivity index (χ3v) is 1.15. The Balaban J connectivity index is 0. The number of rotatable bonds is 0. The third-order valence-electron chi connectivity index (χ3n) is 0.383. The highest BCUT2D eigenvalue weighted by atomic mass is 32.1. The van der Waals surface area contributed by atoms with Crippen molar-refractivity contribution in [2.24, 2.45) is 0 Å². The molecule has 0 saturated heterocycles. The zero-order valence-electron chi connectivity index (χ0n) is 8.25. The molecule has 0 aliphatic carbocycles. The summed E-state index contributed by atoms with van der Waals surface area (Å²) in [6, 6.07) is 0. The van der Waals surface area contributed by atoms with Crippen LogP contribution in [0.15, 0.2) is 0 Å². The molecule has 0 unspecified atom stereocenters. The average molecular weight is 195 g/mol. The van der Waals surface area contributed by atoms with Gasteiger partial charge in [-0.25, -0.2) is 0 Å². The van der Waals surface area contributed by atoms with Crippen molar-refractivity contribution in [1.29, 1.82) is 0 Å². The summed E-state index contributed by atoms with van der Waals surface area (Å²) in [6.07, 6.45) is 0. The molecule has 0 spiro atoms. The normalized spacial score (nSPS) is 9.73. The molecule has 0 aromatic rings. The summed E-state index contributed by atoms with van der Waals surface area (Å²) < 4.78 is 1.62. The van der Waals surface area contributed by atoms with E-state index < -0.39 is 0 Å². The van der Waals surface area contributed by atoms with Gasteiger partial charge in [-0.05, 0) is 0 Å².